The standard InChI is InChI=1S/C13H18N2O4/c1-15(7-6-13(17)18)8-10-2-4-11(5-3-10)19-9-12(14)16/h2-5H,6-9H2,1H3,(H2,14,16)(H,17,18). The van der Waals surface area contributed by atoms with Crippen LogP contribution in [0.25, 0.3) is 0 Å². The smallest absolute Gasteiger partial charge is 0.304 e. The molecule has 3 N–H and O–H groups in total. The van der Waals surface area contributed by atoms with Gasteiger partial charge in [-0.15, -0.1) is 0 Å². The first kappa shape index (κ1) is 15.0. The zero-order valence-corrected chi connectivity index (χ0v) is 10.8. The van der Waals surface area contributed by atoms with E-state index in [1.807, 2.05) is 24.1 Å². The highest BCUT2D eigenvalue weighted by Gasteiger charge is 2.04. The van der Waals surface area contributed by atoms with Gasteiger partial charge in [0.15, 0.2) is 6.61 Å². The van der Waals surface area contributed by atoms with Gasteiger partial charge in [-0.05, 0) is 24.7 Å². The largest absolute Gasteiger partial charge is 0.484 e. The Hall–Kier alpha value is -2.08. The van der Waals surface area contributed by atoms with E-state index in [0.717, 1.165) is 5.56 Å². The van der Waals surface area contributed by atoms with Gasteiger partial charge in [0.25, 0.3) is 5.91 Å². The molecule has 0 saturated heterocycles. The molecule has 0 bridgehead atoms. The van der Waals surface area contributed by atoms with Gasteiger partial charge in [-0.3, -0.25) is 9.59 Å². The minimum absolute atomic E-state index is 0.121. The molecule has 0 heterocycles. The third kappa shape index (κ3) is 6.42. The summed E-state index contributed by atoms with van der Waals surface area (Å²) < 4.78 is 5.14. The Bertz CT molecular complexity index is 431. The fourth-order valence-electron chi connectivity index (χ4n) is 1.52. The number of carbonyl (C=O) groups excluding carboxylic acids is 1. The summed E-state index contributed by atoms with van der Waals surface area (Å²) in [6, 6.07) is 7.24. The van der Waals surface area contributed by atoms with Crippen molar-refractivity contribution >= 4 is 11.9 Å². The first-order valence-corrected chi connectivity index (χ1v) is 5.88. The van der Waals surface area contributed by atoms with Gasteiger partial charge in [0.1, 0.15) is 5.75 Å². The third-order valence-corrected chi connectivity index (χ3v) is 2.46. The molecule has 1 amide bonds. The predicted octanol–water partition coefficient (Wildman–Crippen LogP) is 0.457. The van der Waals surface area contributed by atoms with Crippen LogP contribution in [0.5, 0.6) is 5.75 Å². The maximum atomic E-state index is 10.6. The normalized spacial score (nSPS) is 10.4. The molecule has 6 nitrogen and oxygen atoms in total. The summed E-state index contributed by atoms with van der Waals surface area (Å²) in [5.74, 6) is -0.740. The molecular weight excluding hydrogens is 248 g/mol. The predicted molar refractivity (Wildman–Crippen MR) is 69.7 cm³/mol. The molecule has 0 saturated carbocycles. The van der Waals surface area contributed by atoms with Crippen LogP contribution in [-0.2, 0) is 16.1 Å². The Labute approximate surface area is 111 Å². The molecule has 6 heteroatoms. The van der Waals surface area contributed by atoms with Crippen LogP contribution in [-0.4, -0.2) is 42.1 Å². The van der Waals surface area contributed by atoms with Crippen molar-refractivity contribution in [3.63, 3.8) is 0 Å². The van der Waals surface area contributed by atoms with Gasteiger partial charge >= 0.3 is 5.97 Å². The number of amides is 1. The van der Waals surface area contributed by atoms with Crippen molar-refractivity contribution in [2.45, 2.75) is 13.0 Å². The maximum absolute atomic E-state index is 10.6. The molecule has 104 valence electrons. The van der Waals surface area contributed by atoms with Crippen molar-refractivity contribution < 1.29 is 19.4 Å². The lowest BCUT2D eigenvalue weighted by Gasteiger charge is -2.15. The van der Waals surface area contributed by atoms with Crippen molar-refractivity contribution in [2.24, 2.45) is 5.73 Å². The lowest BCUT2D eigenvalue weighted by molar-refractivity contribution is -0.137. The molecule has 0 aromatic heterocycles. The molecule has 0 radical (unpaired) electrons. The van der Waals surface area contributed by atoms with Crippen LogP contribution in [0.1, 0.15) is 12.0 Å². The van der Waals surface area contributed by atoms with E-state index in [-0.39, 0.29) is 13.0 Å². The number of primary amides is 1. The number of benzene rings is 1. The second kappa shape index (κ2) is 7.38. The molecule has 0 aliphatic heterocycles. The fraction of sp³-hybridized carbons (Fsp3) is 0.385. The molecular formula is C13H18N2O4. The first-order chi connectivity index (χ1) is 8.97. The van der Waals surface area contributed by atoms with Gasteiger partial charge < -0.3 is 20.5 Å². The molecule has 0 fully saturated rings. The summed E-state index contributed by atoms with van der Waals surface area (Å²) in [5.41, 5.74) is 6.02. The van der Waals surface area contributed by atoms with Crippen molar-refractivity contribution in [3.8, 4) is 5.75 Å². The van der Waals surface area contributed by atoms with E-state index in [9.17, 15) is 9.59 Å². The first-order valence-electron chi connectivity index (χ1n) is 5.88. The number of carboxylic acid groups (broad SMARTS) is 1. The van der Waals surface area contributed by atoms with E-state index in [1.54, 1.807) is 12.1 Å². The SMILES string of the molecule is CN(CCC(=O)O)Cc1ccc(OCC(N)=O)cc1. The number of hydrogen-bond donors (Lipinski definition) is 2. The quantitative estimate of drug-likeness (QED) is 0.713. The van der Waals surface area contributed by atoms with E-state index in [4.69, 9.17) is 15.6 Å². The van der Waals surface area contributed by atoms with E-state index in [0.29, 0.717) is 18.8 Å². The van der Waals surface area contributed by atoms with Crippen LogP contribution in [0.4, 0.5) is 0 Å². The minimum Gasteiger partial charge on any atom is -0.484 e. The monoisotopic (exact) mass is 266 g/mol. The minimum atomic E-state index is -0.804. The van der Waals surface area contributed by atoms with E-state index in [1.165, 1.54) is 0 Å². The molecule has 0 aliphatic rings. The highest BCUT2D eigenvalue weighted by molar-refractivity contribution is 5.75. The fourth-order valence-corrected chi connectivity index (χ4v) is 1.52. The lowest BCUT2D eigenvalue weighted by Crippen LogP contribution is -2.21. The van der Waals surface area contributed by atoms with Crippen molar-refractivity contribution in [1.29, 1.82) is 0 Å². The number of carboxylic acids is 1. The molecule has 0 atom stereocenters. The summed E-state index contributed by atoms with van der Waals surface area (Å²) in [5, 5.41) is 8.59. The average Bonchev–Trinajstić information content (AvgIpc) is 2.35. The van der Waals surface area contributed by atoms with E-state index in [2.05, 4.69) is 0 Å². The topological polar surface area (TPSA) is 92.9 Å². The Morgan fingerprint density at radius 2 is 1.95 bits per heavy atom. The van der Waals surface area contributed by atoms with Crippen LogP contribution in [0.2, 0.25) is 0 Å². The summed E-state index contributed by atoms with van der Waals surface area (Å²) in [6.07, 6.45) is 0.121. The zero-order valence-electron chi connectivity index (χ0n) is 10.8. The molecule has 1 rings (SSSR count). The zero-order chi connectivity index (χ0) is 14.3. The van der Waals surface area contributed by atoms with Crippen molar-refractivity contribution in [1.82, 2.24) is 4.90 Å². The van der Waals surface area contributed by atoms with E-state index < -0.39 is 11.9 Å². The number of nitrogens with two attached hydrogens (primary N) is 1. The maximum Gasteiger partial charge on any atom is 0.304 e. The summed E-state index contributed by atoms with van der Waals surface area (Å²) in [6.45, 7) is 1.01. The number of nitrogens with zero attached hydrogens (tertiary/aromatic N) is 1. The second-order valence-corrected chi connectivity index (χ2v) is 4.28. The highest BCUT2D eigenvalue weighted by atomic mass is 16.5. The molecule has 1 aromatic rings. The van der Waals surface area contributed by atoms with Gasteiger partial charge in [-0.25, -0.2) is 0 Å². The van der Waals surface area contributed by atoms with Crippen LogP contribution in [0.15, 0.2) is 24.3 Å². The highest BCUT2D eigenvalue weighted by Crippen LogP contribution is 2.13. The average molecular weight is 266 g/mol. The molecule has 19 heavy (non-hydrogen) atoms. The lowest BCUT2D eigenvalue weighted by atomic mass is 10.2. The van der Waals surface area contributed by atoms with Crippen LogP contribution >= 0.6 is 0 Å². The Kier molecular flexibility index (Phi) is 5.81. The third-order valence-electron chi connectivity index (χ3n) is 2.46. The number of ether oxygens (including phenoxy) is 1. The number of carbonyl (C=O) groups is 2. The molecule has 0 spiro atoms. The van der Waals surface area contributed by atoms with Crippen LogP contribution < -0.4 is 10.5 Å². The molecule has 0 unspecified atom stereocenters. The number of rotatable bonds is 8. The summed E-state index contributed by atoms with van der Waals surface area (Å²) in [7, 11) is 1.86. The summed E-state index contributed by atoms with van der Waals surface area (Å²) in [4.78, 5) is 22.9. The van der Waals surface area contributed by atoms with Crippen molar-refractivity contribution in [2.75, 3.05) is 20.2 Å². The Morgan fingerprint density at radius 3 is 2.47 bits per heavy atom. The molecule has 0 aliphatic carbocycles. The van der Waals surface area contributed by atoms with Crippen LogP contribution in [0.3, 0.4) is 0 Å². The van der Waals surface area contributed by atoms with Gasteiger partial charge in [0.2, 0.25) is 0 Å². The number of hydrogen-bond acceptors (Lipinski definition) is 4. The van der Waals surface area contributed by atoms with Gasteiger partial charge in [-0.2, -0.15) is 0 Å². The van der Waals surface area contributed by atoms with Crippen LogP contribution in [0, 0.1) is 0 Å². The second-order valence-electron chi connectivity index (χ2n) is 4.28. The summed E-state index contributed by atoms with van der Waals surface area (Å²) >= 11 is 0. The molecule has 1 aromatic carbocycles. The Balaban J connectivity index is 2.43. The Morgan fingerprint density at radius 1 is 1.32 bits per heavy atom. The van der Waals surface area contributed by atoms with Crippen molar-refractivity contribution in [3.05, 3.63) is 29.8 Å². The number of aliphatic carboxylic acids is 1. The van der Waals surface area contributed by atoms with Gasteiger partial charge in [0.05, 0.1) is 6.42 Å². The van der Waals surface area contributed by atoms with E-state index >= 15 is 0 Å². The van der Waals surface area contributed by atoms with Gasteiger partial charge in [0, 0.05) is 13.1 Å². The van der Waals surface area contributed by atoms with Gasteiger partial charge in [-0.1, -0.05) is 12.1 Å².